The molecule has 1 heterocycles. The van der Waals surface area contributed by atoms with Crippen LogP contribution in [0.2, 0.25) is 0 Å². The highest BCUT2D eigenvalue weighted by molar-refractivity contribution is 7.31. The molecule has 0 spiro atoms. The fraction of sp³-hybridized carbons (Fsp3) is 0.0500. The summed E-state index contributed by atoms with van der Waals surface area (Å²) in [5.74, 6) is -0.124. The number of hydrogen-bond acceptors (Lipinski definition) is 6. The normalized spacial score (nSPS) is 12.8. The molecule has 0 radical (unpaired) electrons. The molecule has 0 atom stereocenters. The second-order valence-electron chi connectivity index (χ2n) is 6.22. The van der Waals surface area contributed by atoms with Crippen LogP contribution in [0.3, 0.4) is 0 Å². The van der Waals surface area contributed by atoms with Gasteiger partial charge in [0.1, 0.15) is 11.5 Å². The molecule has 0 saturated carbocycles. The number of cyclic esters (lactones) is 1. The molecule has 3 aromatic rings. The number of esters is 1. The summed E-state index contributed by atoms with van der Waals surface area (Å²) in [5.41, 5.74) is 1.60. The number of carbonyl (C=O) groups is 1. The molecule has 0 bridgehead atoms. The van der Waals surface area contributed by atoms with E-state index in [1.807, 2.05) is 12.1 Å². The Kier molecular flexibility index (Phi) is 8.51. The van der Waals surface area contributed by atoms with Gasteiger partial charge < -0.3 is 14.9 Å². The molecule has 166 valence electrons. The third-order valence-electron chi connectivity index (χ3n) is 4.32. The van der Waals surface area contributed by atoms with E-state index in [0.29, 0.717) is 5.56 Å². The zero-order valence-electron chi connectivity index (χ0n) is 16.1. The average Bonchev–Trinajstić information content (AvgIpc) is 3.02. The smallest absolute Gasteiger partial charge is 0.508 e. The van der Waals surface area contributed by atoms with Crippen molar-refractivity contribution < 1.29 is 48.4 Å². The fourth-order valence-electron chi connectivity index (χ4n) is 3.20. The lowest BCUT2D eigenvalue weighted by Crippen LogP contribution is -2.29. The minimum atomic E-state index is -2.87. The summed E-state index contributed by atoms with van der Waals surface area (Å²) in [6.45, 7) is 0. The van der Waals surface area contributed by atoms with E-state index in [2.05, 4.69) is 0 Å². The summed E-state index contributed by atoms with van der Waals surface area (Å²) in [4.78, 5) is 40.9. The first kappa shape index (κ1) is 25.0. The fourth-order valence-corrected chi connectivity index (χ4v) is 3.20. The van der Waals surface area contributed by atoms with Gasteiger partial charge >= 0.3 is 22.5 Å². The number of fused-ring (bicyclic) bond motifs is 1. The summed E-state index contributed by atoms with van der Waals surface area (Å²) in [6, 6.07) is 20.4. The predicted molar refractivity (Wildman–Crippen MR) is 112 cm³/mol. The Morgan fingerprint density at radius 2 is 1.03 bits per heavy atom. The van der Waals surface area contributed by atoms with E-state index >= 15 is 0 Å². The number of carbonyl (C=O) groups excluding carboxylic acids is 1. The highest BCUT2D eigenvalue weighted by atomic mass is 31.1. The van der Waals surface area contributed by atoms with Crippen LogP contribution in [0.4, 0.5) is 0 Å². The van der Waals surface area contributed by atoms with Gasteiger partial charge in [-0.3, -0.25) is 0 Å². The van der Waals surface area contributed by atoms with Crippen molar-refractivity contribution in [2.24, 2.45) is 0 Å². The molecule has 12 heteroatoms. The molecule has 1 aliphatic rings. The van der Waals surface area contributed by atoms with Crippen LogP contribution in [0, 0.1) is 0 Å². The van der Waals surface area contributed by atoms with E-state index in [-0.39, 0.29) is 11.5 Å². The second kappa shape index (κ2) is 10.9. The maximum Gasteiger partial charge on any atom is 0.692 e. The van der Waals surface area contributed by atoms with Crippen LogP contribution in [0.15, 0.2) is 72.8 Å². The summed E-state index contributed by atoms with van der Waals surface area (Å²) < 4.78 is 23.3. The van der Waals surface area contributed by atoms with E-state index in [1.165, 1.54) is 0 Å². The van der Waals surface area contributed by atoms with Crippen LogP contribution in [0.25, 0.3) is 0 Å². The standard InChI is InChI=1S/C20H14O4.2HO3P/c21-15-9-5-13(6-10-15)20(14-7-11-16(22)12-8-14)18-4-2-1-3-17(18)19(23)24-20;2*1-4(2)3/h1-12,21-22H;2*(H-,1,2,3)/p+2. The van der Waals surface area contributed by atoms with E-state index < -0.39 is 28.1 Å². The van der Waals surface area contributed by atoms with Crippen molar-refractivity contribution in [3.63, 3.8) is 0 Å². The molecule has 0 fully saturated rings. The Bertz CT molecular complexity index is 1050. The van der Waals surface area contributed by atoms with E-state index in [1.54, 1.807) is 60.7 Å². The lowest BCUT2D eigenvalue weighted by molar-refractivity contribution is 0.0251. The van der Waals surface area contributed by atoms with E-state index in [9.17, 15) is 15.0 Å². The maximum atomic E-state index is 12.4. The monoisotopic (exact) mass is 480 g/mol. The van der Waals surface area contributed by atoms with Gasteiger partial charge in [0, 0.05) is 25.8 Å². The molecular weight excluding hydrogens is 462 g/mol. The maximum absolute atomic E-state index is 12.4. The Morgan fingerprint density at radius 1 is 0.656 bits per heavy atom. The van der Waals surface area contributed by atoms with Gasteiger partial charge in [-0.25, -0.2) is 4.79 Å². The molecule has 0 aromatic heterocycles. The SMILES string of the molecule is O=C1OC(c2ccc(O)cc2)(c2ccc(O)cc2)c2ccccc21.O=[P+](O)O.O=[P+](O)O. The van der Waals surface area contributed by atoms with Gasteiger partial charge in [-0.1, -0.05) is 42.5 Å². The largest absolute Gasteiger partial charge is 0.692 e. The van der Waals surface area contributed by atoms with Gasteiger partial charge in [-0.2, -0.15) is 0 Å². The van der Waals surface area contributed by atoms with E-state index in [0.717, 1.165) is 16.7 Å². The predicted octanol–water partition coefficient (Wildman–Crippen LogP) is 2.82. The molecule has 32 heavy (non-hydrogen) atoms. The molecule has 3 aromatic carbocycles. The van der Waals surface area contributed by atoms with Crippen molar-refractivity contribution >= 4 is 22.5 Å². The molecule has 0 unspecified atom stereocenters. The first-order valence-electron chi connectivity index (χ1n) is 8.69. The number of ether oxygens (including phenoxy) is 1. The van der Waals surface area contributed by atoms with Crippen molar-refractivity contribution in [1.29, 1.82) is 0 Å². The van der Waals surface area contributed by atoms with Crippen molar-refractivity contribution in [3.8, 4) is 11.5 Å². The van der Waals surface area contributed by atoms with E-state index in [4.69, 9.17) is 33.4 Å². The number of hydrogen-bond donors (Lipinski definition) is 6. The Morgan fingerprint density at radius 3 is 1.44 bits per heavy atom. The summed E-state index contributed by atoms with van der Waals surface area (Å²) in [7, 11) is -5.74. The van der Waals surface area contributed by atoms with Crippen molar-refractivity contribution in [2.75, 3.05) is 0 Å². The highest BCUT2D eigenvalue weighted by Gasteiger charge is 2.48. The van der Waals surface area contributed by atoms with Crippen LogP contribution >= 0.6 is 16.5 Å². The molecule has 1 aliphatic heterocycles. The molecule has 0 saturated heterocycles. The van der Waals surface area contributed by atoms with Gasteiger partial charge in [0.2, 0.25) is 0 Å². The topological polar surface area (TPSA) is 182 Å². The summed E-state index contributed by atoms with van der Waals surface area (Å²) >= 11 is 0. The quantitative estimate of drug-likeness (QED) is 0.236. The minimum absolute atomic E-state index is 0.136. The Balaban J connectivity index is 0.000000395. The third kappa shape index (κ3) is 5.93. The first-order chi connectivity index (χ1) is 15.1. The number of rotatable bonds is 2. The molecule has 6 N–H and O–H groups in total. The summed E-state index contributed by atoms with van der Waals surface area (Å²) in [5, 5.41) is 19.2. The number of benzene rings is 3. The first-order valence-corrected chi connectivity index (χ1v) is 11.0. The Labute approximate surface area is 183 Å². The molecular formula is C20H18O10P2+2. The zero-order valence-corrected chi connectivity index (χ0v) is 17.9. The molecule has 0 amide bonds. The second-order valence-corrected chi connectivity index (χ2v) is 7.23. The molecule has 10 nitrogen and oxygen atoms in total. The minimum Gasteiger partial charge on any atom is -0.508 e. The van der Waals surface area contributed by atoms with Gasteiger partial charge in [0.05, 0.1) is 5.56 Å². The van der Waals surface area contributed by atoms with Crippen molar-refractivity contribution in [1.82, 2.24) is 0 Å². The number of aromatic hydroxyl groups is 2. The van der Waals surface area contributed by atoms with Crippen molar-refractivity contribution in [3.05, 3.63) is 95.1 Å². The molecule has 4 rings (SSSR count). The highest BCUT2D eigenvalue weighted by Crippen LogP contribution is 2.47. The van der Waals surface area contributed by atoms with Gasteiger partial charge in [0.15, 0.2) is 5.60 Å². The van der Waals surface area contributed by atoms with Crippen molar-refractivity contribution in [2.45, 2.75) is 5.60 Å². The average molecular weight is 480 g/mol. The van der Waals surface area contributed by atoms with Crippen LogP contribution in [-0.4, -0.2) is 35.8 Å². The number of phenols is 2. The third-order valence-corrected chi connectivity index (χ3v) is 4.32. The van der Waals surface area contributed by atoms with Gasteiger partial charge in [-0.05, 0) is 30.3 Å². The zero-order chi connectivity index (χ0) is 23.9. The lowest BCUT2D eigenvalue weighted by atomic mass is 9.80. The van der Waals surface area contributed by atoms with Crippen LogP contribution in [0.5, 0.6) is 11.5 Å². The van der Waals surface area contributed by atoms with Gasteiger partial charge in [-0.15, -0.1) is 19.6 Å². The lowest BCUT2D eigenvalue weighted by Gasteiger charge is -2.30. The van der Waals surface area contributed by atoms with Crippen LogP contribution < -0.4 is 0 Å². The van der Waals surface area contributed by atoms with Gasteiger partial charge in [0.25, 0.3) is 0 Å². The van der Waals surface area contributed by atoms with Crippen LogP contribution in [0.1, 0.15) is 27.0 Å². The number of phenolic OH excluding ortho intramolecular Hbond substituents is 2. The Hall–Kier alpha value is -3.23. The van der Waals surface area contributed by atoms with Crippen LogP contribution in [-0.2, 0) is 19.5 Å². The molecule has 0 aliphatic carbocycles. The summed E-state index contributed by atoms with van der Waals surface area (Å²) in [6.07, 6.45) is 0.